The minimum atomic E-state index is -0.849. The first-order valence-corrected chi connectivity index (χ1v) is 6.94. The van der Waals surface area contributed by atoms with E-state index in [2.05, 4.69) is 0 Å². The van der Waals surface area contributed by atoms with Crippen LogP contribution in [-0.4, -0.2) is 12.2 Å². The molecule has 0 amide bonds. The number of fused-ring (bicyclic) bond motifs is 1. The molecule has 0 aliphatic rings. The number of hydrogen-bond donors (Lipinski definition) is 1. The first-order valence-electron chi connectivity index (χ1n) is 5.68. The summed E-state index contributed by atoms with van der Waals surface area (Å²) in [6, 6.07) is 9.12. The van der Waals surface area contributed by atoms with Crippen LogP contribution >= 0.6 is 22.9 Å². The molecule has 3 rings (SSSR count). The summed E-state index contributed by atoms with van der Waals surface area (Å²) in [5, 5.41) is 13.7. The van der Waals surface area contributed by atoms with Crippen LogP contribution in [0.25, 0.3) is 11.0 Å². The van der Waals surface area contributed by atoms with E-state index >= 15 is 0 Å². The van der Waals surface area contributed by atoms with E-state index < -0.39 is 6.10 Å². The smallest absolute Gasteiger partial charge is 0.153 e. The number of furan rings is 1. The van der Waals surface area contributed by atoms with Crippen molar-refractivity contribution in [3.8, 4) is 5.75 Å². The predicted molar refractivity (Wildman–Crippen MR) is 76.2 cm³/mol. The van der Waals surface area contributed by atoms with E-state index in [1.807, 2.05) is 23.6 Å². The SMILES string of the molecule is COc1ccsc1C(O)c1cc2cccc(Cl)c2o1. The van der Waals surface area contributed by atoms with Crippen LogP contribution in [0.5, 0.6) is 5.75 Å². The number of rotatable bonds is 3. The van der Waals surface area contributed by atoms with Gasteiger partial charge in [0.1, 0.15) is 17.6 Å². The third-order valence-electron chi connectivity index (χ3n) is 2.91. The van der Waals surface area contributed by atoms with Gasteiger partial charge in [0.15, 0.2) is 5.58 Å². The lowest BCUT2D eigenvalue weighted by Gasteiger charge is -2.07. The third kappa shape index (κ3) is 2.12. The summed E-state index contributed by atoms with van der Waals surface area (Å²) in [6.07, 6.45) is -0.849. The fourth-order valence-corrected chi connectivity index (χ4v) is 3.06. The monoisotopic (exact) mass is 294 g/mol. The molecule has 0 saturated heterocycles. The van der Waals surface area contributed by atoms with Gasteiger partial charge in [-0.25, -0.2) is 0 Å². The molecule has 0 aliphatic heterocycles. The van der Waals surface area contributed by atoms with Crippen molar-refractivity contribution in [2.24, 2.45) is 0 Å². The largest absolute Gasteiger partial charge is 0.495 e. The van der Waals surface area contributed by atoms with Crippen molar-refractivity contribution >= 4 is 33.9 Å². The number of aliphatic hydroxyl groups excluding tert-OH is 1. The van der Waals surface area contributed by atoms with Crippen LogP contribution in [0.3, 0.4) is 0 Å². The highest BCUT2D eigenvalue weighted by Crippen LogP contribution is 2.37. The Morgan fingerprint density at radius 3 is 2.95 bits per heavy atom. The summed E-state index contributed by atoms with van der Waals surface area (Å²) in [5.41, 5.74) is 0.591. The molecule has 1 N–H and O–H groups in total. The zero-order valence-corrected chi connectivity index (χ0v) is 11.7. The Balaban J connectivity index is 2.07. The number of benzene rings is 1. The number of methoxy groups -OCH3 is 1. The molecule has 0 spiro atoms. The van der Waals surface area contributed by atoms with Crippen LogP contribution in [0.4, 0.5) is 0 Å². The second kappa shape index (κ2) is 4.89. The Kier molecular flexibility index (Phi) is 3.22. The standard InChI is InChI=1S/C14H11ClO3S/c1-17-10-5-6-19-14(10)12(16)11-7-8-3-2-4-9(15)13(8)18-11/h2-7,12,16H,1H3. The highest BCUT2D eigenvalue weighted by Gasteiger charge is 2.21. The van der Waals surface area contributed by atoms with Gasteiger partial charge in [0.2, 0.25) is 0 Å². The van der Waals surface area contributed by atoms with Crippen LogP contribution in [-0.2, 0) is 0 Å². The van der Waals surface area contributed by atoms with Crippen molar-refractivity contribution in [3.63, 3.8) is 0 Å². The van der Waals surface area contributed by atoms with Crippen molar-refractivity contribution in [2.45, 2.75) is 6.10 Å². The molecule has 1 atom stereocenters. The van der Waals surface area contributed by atoms with E-state index in [4.69, 9.17) is 20.8 Å². The van der Waals surface area contributed by atoms with Crippen molar-refractivity contribution in [1.29, 1.82) is 0 Å². The van der Waals surface area contributed by atoms with Gasteiger partial charge in [0.05, 0.1) is 17.0 Å². The van der Waals surface area contributed by atoms with Crippen molar-refractivity contribution in [3.05, 3.63) is 51.4 Å². The van der Waals surface area contributed by atoms with E-state index in [1.165, 1.54) is 11.3 Å². The Morgan fingerprint density at radius 2 is 2.21 bits per heavy atom. The lowest BCUT2D eigenvalue weighted by atomic mass is 10.2. The molecule has 1 aromatic carbocycles. The van der Waals surface area contributed by atoms with Gasteiger partial charge >= 0.3 is 0 Å². The second-order valence-corrected chi connectivity index (χ2v) is 5.42. The molecule has 0 aliphatic carbocycles. The fraction of sp³-hybridized carbons (Fsp3) is 0.143. The average Bonchev–Trinajstić information content (AvgIpc) is 3.04. The minimum absolute atomic E-state index is 0.462. The number of hydrogen-bond acceptors (Lipinski definition) is 4. The van der Waals surface area contributed by atoms with Gasteiger partial charge in [0, 0.05) is 5.39 Å². The lowest BCUT2D eigenvalue weighted by Crippen LogP contribution is -1.97. The maximum absolute atomic E-state index is 10.4. The summed E-state index contributed by atoms with van der Waals surface area (Å²) in [7, 11) is 1.58. The Labute approximate surface area is 119 Å². The van der Waals surface area contributed by atoms with Crippen molar-refractivity contribution < 1.29 is 14.3 Å². The maximum atomic E-state index is 10.4. The number of aliphatic hydroxyl groups is 1. The number of thiophene rings is 1. The normalized spacial score (nSPS) is 12.8. The van der Waals surface area contributed by atoms with Gasteiger partial charge in [-0.3, -0.25) is 0 Å². The van der Waals surface area contributed by atoms with Crippen LogP contribution in [0.15, 0.2) is 40.1 Å². The molecule has 2 heterocycles. The quantitative estimate of drug-likeness (QED) is 0.786. The maximum Gasteiger partial charge on any atom is 0.153 e. The molecule has 0 fully saturated rings. The Morgan fingerprint density at radius 1 is 1.37 bits per heavy atom. The number of halogens is 1. The highest BCUT2D eigenvalue weighted by atomic mass is 35.5. The molecule has 1 unspecified atom stereocenters. The van der Waals surface area contributed by atoms with Crippen LogP contribution < -0.4 is 4.74 Å². The van der Waals surface area contributed by atoms with Gasteiger partial charge in [-0.15, -0.1) is 11.3 Å². The average molecular weight is 295 g/mol. The molecule has 0 saturated carbocycles. The molecule has 3 nitrogen and oxygen atoms in total. The van der Waals surface area contributed by atoms with E-state index in [0.717, 1.165) is 10.3 Å². The molecule has 19 heavy (non-hydrogen) atoms. The zero-order chi connectivity index (χ0) is 13.4. The summed E-state index contributed by atoms with van der Waals surface area (Å²) in [6.45, 7) is 0. The molecular weight excluding hydrogens is 284 g/mol. The van der Waals surface area contributed by atoms with Crippen molar-refractivity contribution in [2.75, 3.05) is 7.11 Å². The molecule has 3 aromatic rings. The summed E-state index contributed by atoms with van der Waals surface area (Å²) < 4.78 is 10.9. The third-order valence-corrected chi connectivity index (χ3v) is 4.16. The van der Waals surface area contributed by atoms with Gasteiger partial charge in [0.25, 0.3) is 0 Å². The summed E-state index contributed by atoms with van der Waals surface area (Å²) >= 11 is 7.48. The Hall–Kier alpha value is -1.49. The minimum Gasteiger partial charge on any atom is -0.495 e. The molecule has 0 radical (unpaired) electrons. The van der Waals surface area contributed by atoms with Gasteiger partial charge in [-0.2, -0.15) is 0 Å². The van der Waals surface area contributed by atoms with Crippen LogP contribution in [0.1, 0.15) is 16.7 Å². The van der Waals surface area contributed by atoms with E-state index in [9.17, 15) is 5.11 Å². The number of ether oxygens (including phenoxy) is 1. The topological polar surface area (TPSA) is 42.6 Å². The lowest BCUT2D eigenvalue weighted by molar-refractivity contribution is 0.192. The predicted octanol–water partition coefficient (Wildman–Crippen LogP) is 4.24. The van der Waals surface area contributed by atoms with E-state index in [-0.39, 0.29) is 0 Å². The second-order valence-electron chi connectivity index (χ2n) is 4.06. The zero-order valence-electron chi connectivity index (χ0n) is 10.1. The van der Waals surface area contributed by atoms with Crippen LogP contribution in [0, 0.1) is 0 Å². The summed E-state index contributed by atoms with van der Waals surface area (Å²) in [4.78, 5) is 0.720. The first kappa shape index (κ1) is 12.5. The molecule has 5 heteroatoms. The Bertz CT molecular complexity index is 716. The molecular formula is C14H11ClO3S. The van der Waals surface area contributed by atoms with Gasteiger partial charge in [-0.05, 0) is 23.6 Å². The van der Waals surface area contributed by atoms with Crippen molar-refractivity contribution in [1.82, 2.24) is 0 Å². The van der Waals surface area contributed by atoms with E-state index in [0.29, 0.717) is 22.1 Å². The molecule has 98 valence electrons. The molecule has 0 bridgehead atoms. The van der Waals surface area contributed by atoms with Gasteiger partial charge < -0.3 is 14.3 Å². The highest BCUT2D eigenvalue weighted by molar-refractivity contribution is 7.10. The fourth-order valence-electron chi connectivity index (χ4n) is 1.99. The van der Waals surface area contributed by atoms with E-state index in [1.54, 1.807) is 19.2 Å². The van der Waals surface area contributed by atoms with Crippen LogP contribution in [0.2, 0.25) is 5.02 Å². The van der Waals surface area contributed by atoms with Gasteiger partial charge in [-0.1, -0.05) is 23.7 Å². The number of para-hydroxylation sites is 1. The summed E-state index contributed by atoms with van der Waals surface area (Å²) in [5.74, 6) is 1.12. The first-order chi connectivity index (χ1) is 9.20. The molecule has 2 aromatic heterocycles.